The molecule has 0 bridgehead atoms. The minimum atomic E-state index is -0.134. The van der Waals surface area contributed by atoms with Gasteiger partial charge in [0, 0.05) is 22.8 Å². The van der Waals surface area contributed by atoms with Crippen LogP contribution < -0.4 is 5.73 Å². The Bertz CT molecular complexity index is 582. The van der Waals surface area contributed by atoms with Gasteiger partial charge in [0.25, 0.3) is 0 Å². The predicted molar refractivity (Wildman–Crippen MR) is 70.9 cm³/mol. The van der Waals surface area contributed by atoms with Crippen LogP contribution in [0.5, 0.6) is 0 Å². The molecule has 0 atom stereocenters. The maximum atomic E-state index is 5.70. The maximum absolute atomic E-state index is 5.70. The molecule has 18 heavy (non-hydrogen) atoms. The average Bonchev–Trinajstić information content (AvgIpc) is 2.99. The summed E-state index contributed by atoms with van der Waals surface area (Å²) in [5, 5.41) is 1.15. The number of benzene rings is 1. The fourth-order valence-corrected chi connectivity index (χ4v) is 2.23. The van der Waals surface area contributed by atoms with Crippen LogP contribution in [0.25, 0.3) is 16.6 Å². The molecule has 1 aromatic heterocycles. The van der Waals surface area contributed by atoms with Crippen LogP contribution in [-0.2, 0) is 16.0 Å². The molecule has 1 fully saturated rings. The van der Waals surface area contributed by atoms with Crippen molar-refractivity contribution in [3.63, 3.8) is 0 Å². The highest BCUT2D eigenvalue weighted by molar-refractivity contribution is 5.83. The molecule has 3 rings (SSSR count). The van der Waals surface area contributed by atoms with Crippen LogP contribution in [-0.4, -0.2) is 24.1 Å². The number of nitrogens with two attached hydrogens (primary N) is 1. The quantitative estimate of drug-likeness (QED) is 0.897. The molecule has 2 heterocycles. The summed E-state index contributed by atoms with van der Waals surface area (Å²) in [7, 11) is 0. The molecule has 94 valence electrons. The van der Waals surface area contributed by atoms with Crippen LogP contribution in [0, 0.1) is 0 Å². The Labute approximate surface area is 106 Å². The molecular formula is C14H16N2O2. The molecule has 2 aromatic rings. The van der Waals surface area contributed by atoms with Crippen molar-refractivity contribution in [1.29, 1.82) is 0 Å². The second kappa shape index (κ2) is 4.48. The SMILES string of the molecule is C=C(N)c1ccc2c(ccn2CC2OCCO2)c1. The minimum absolute atomic E-state index is 0.134. The molecule has 4 heteroatoms. The van der Waals surface area contributed by atoms with Crippen LogP contribution >= 0.6 is 0 Å². The molecule has 0 amide bonds. The van der Waals surface area contributed by atoms with Crippen molar-refractivity contribution in [3.8, 4) is 0 Å². The van der Waals surface area contributed by atoms with Crippen molar-refractivity contribution in [3.05, 3.63) is 42.6 Å². The highest BCUT2D eigenvalue weighted by Crippen LogP contribution is 2.21. The first kappa shape index (κ1) is 11.3. The monoisotopic (exact) mass is 244 g/mol. The van der Waals surface area contributed by atoms with E-state index in [2.05, 4.69) is 23.3 Å². The van der Waals surface area contributed by atoms with Crippen LogP contribution in [0.4, 0.5) is 0 Å². The first-order valence-corrected chi connectivity index (χ1v) is 6.01. The highest BCUT2D eigenvalue weighted by atomic mass is 16.7. The third-order valence-electron chi connectivity index (χ3n) is 3.18. The van der Waals surface area contributed by atoms with Crippen molar-refractivity contribution in [2.75, 3.05) is 13.2 Å². The number of rotatable bonds is 3. The van der Waals surface area contributed by atoms with E-state index < -0.39 is 0 Å². The molecule has 1 aromatic carbocycles. The molecule has 4 nitrogen and oxygen atoms in total. The van der Waals surface area contributed by atoms with Gasteiger partial charge in [-0.25, -0.2) is 0 Å². The fraction of sp³-hybridized carbons (Fsp3) is 0.286. The number of nitrogens with zero attached hydrogens (tertiary/aromatic N) is 1. The Kier molecular flexibility index (Phi) is 2.81. The summed E-state index contributed by atoms with van der Waals surface area (Å²) in [6.45, 7) is 5.83. The lowest BCUT2D eigenvalue weighted by Gasteiger charge is -2.11. The van der Waals surface area contributed by atoms with E-state index in [9.17, 15) is 0 Å². The van der Waals surface area contributed by atoms with Gasteiger partial charge in [-0.3, -0.25) is 0 Å². The van der Waals surface area contributed by atoms with Crippen molar-refractivity contribution in [1.82, 2.24) is 4.57 Å². The van der Waals surface area contributed by atoms with Gasteiger partial charge in [0.2, 0.25) is 0 Å². The number of fused-ring (bicyclic) bond motifs is 1. The molecule has 0 aliphatic carbocycles. The summed E-state index contributed by atoms with van der Waals surface area (Å²) >= 11 is 0. The zero-order valence-corrected chi connectivity index (χ0v) is 10.1. The van der Waals surface area contributed by atoms with E-state index in [-0.39, 0.29) is 6.29 Å². The van der Waals surface area contributed by atoms with Crippen LogP contribution in [0.2, 0.25) is 0 Å². The summed E-state index contributed by atoms with van der Waals surface area (Å²) in [4.78, 5) is 0. The van der Waals surface area contributed by atoms with Gasteiger partial charge in [-0.1, -0.05) is 12.6 Å². The highest BCUT2D eigenvalue weighted by Gasteiger charge is 2.17. The van der Waals surface area contributed by atoms with Gasteiger partial charge < -0.3 is 19.8 Å². The summed E-state index contributed by atoms with van der Waals surface area (Å²) in [5.41, 5.74) is 8.41. The Morgan fingerprint density at radius 1 is 1.33 bits per heavy atom. The molecule has 0 unspecified atom stereocenters. The van der Waals surface area contributed by atoms with Gasteiger partial charge >= 0.3 is 0 Å². The van der Waals surface area contributed by atoms with E-state index in [0.717, 1.165) is 16.5 Å². The molecule has 2 N–H and O–H groups in total. The van der Waals surface area contributed by atoms with Crippen LogP contribution in [0.1, 0.15) is 5.56 Å². The number of aromatic nitrogens is 1. The summed E-state index contributed by atoms with van der Waals surface area (Å²) in [6, 6.07) is 8.15. The van der Waals surface area contributed by atoms with Gasteiger partial charge in [-0.2, -0.15) is 0 Å². The molecular weight excluding hydrogens is 228 g/mol. The molecule has 1 saturated heterocycles. The normalized spacial score (nSPS) is 16.4. The topological polar surface area (TPSA) is 49.4 Å². The third-order valence-corrected chi connectivity index (χ3v) is 3.18. The Morgan fingerprint density at radius 2 is 2.11 bits per heavy atom. The second-order valence-electron chi connectivity index (χ2n) is 4.44. The molecule has 1 aliphatic rings. The van der Waals surface area contributed by atoms with Crippen molar-refractivity contribution in [2.45, 2.75) is 12.8 Å². The van der Waals surface area contributed by atoms with Crippen molar-refractivity contribution < 1.29 is 9.47 Å². The maximum Gasteiger partial charge on any atom is 0.175 e. The van der Waals surface area contributed by atoms with Crippen LogP contribution in [0.3, 0.4) is 0 Å². The summed E-state index contributed by atoms with van der Waals surface area (Å²) in [5.74, 6) is 0. The molecule has 0 spiro atoms. The summed E-state index contributed by atoms with van der Waals surface area (Å²) < 4.78 is 13.1. The van der Waals surface area contributed by atoms with Crippen molar-refractivity contribution >= 4 is 16.6 Å². The number of hydrogen-bond acceptors (Lipinski definition) is 3. The standard InChI is InChI=1S/C14H16N2O2/c1-10(15)11-2-3-13-12(8-11)4-5-16(13)9-14-17-6-7-18-14/h2-5,8,14H,1,6-7,9,15H2. The Hall–Kier alpha value is -1.78. The van der Waals surface area contributed by atoms with Gasteiger partial charge in [0.1, 0.15) is 0 Å². The number of hydrogen-bond donors (Lipinski definition) is 1. The Balaban J connectivity index is 1.91. The van der Waals surface area contributed by atoms with E-state index in [1.54, 1.807) is 0 Å². The lowest BCUT2D eigenvalue weighted by molar-refractivity contribution is -0.0517. The van der Waals surface area contributed by atoms with E-state index in [0.29, 0.717) is 25.5 Å². The summed E-state index contributed by atoms with van der Waals surface area (Å²) in [6.07, 6.45) is 1.91. The van der Waals surface area contributed by atoms with E-state index >= 15 is 0 Å². The first-order chi connectivity index (χ1) is 8.74. The first-order valence-electron chi connectivity index (χ1n) is 6.01. The van der Waals surface area contributed by atoms with Gasteiger partial charge in [-0.15, -0.1) is 0 Å². The van der Waals surface area contributed by atoms with Gasteiger partial charge in [-0.05, 0) is 23.8 Å². The second-order valence-corrected chi connectivity index (χ2v) is 4.44. The Morgan fingerprint density at radius 3 is 2.83 bits per heavy atom. The molecule has 0 saturated carbocycles. The minimum Gasteiger partial charge on any atom is -0.399 e. The average molecular weight is 244 g/mol. The predicted octanol–water partition coefficient (Wildman–Crippen LogP) is 1.94. The van der Waals surface area contributed by atoms with Gasteiger partial charge in [0.05, 0.1) is 19.8 Å². The fourth-order valence-electron chi connectivity index (χ4n) is 2.23. The zero-order valence-electron chi connectivity index (χ0n) is 10.1. The molecule has 1 aliphatic heterocycles. The lowest BCUT2D eigenvalue weighted by atomic mass is 10.1. The third kappa shape index (κ3) is 2.00. The smallest absolute Gasteiger partial charge is 0.175 e. The number of ether oxygens (including phenoxy) is 2. The van der Waals surface area contributed by atoms with E-state index in [1.807, 2.05) is 18.3 Å². The lowest BCUT2D eigenvalue weighted by Crippen LogP contribution is -2.16. The van der Waals surface area contributed by atoms with Crippen molar-refractivity contribution in [2.24, 2.45) is 5.73 Å². The zero-order chi connectivity index (χ0) is 12.5. The van der Waals surface area contributed by atoms with Gasteiger partial charge in [0.15, 0.2) is 6.29 Å². The van der Waals surface area contributed by atoms with E-state index in [1.165, 1.54) is 0 Å². The molecule has 0 radical (unpaired) electrons. The van der Waals surface area contributed by atoms with E-state index in [4.69, 9.17) is 15.2 Å². The van der Waals surface area contributed by atoms with Crippen LogP contribution in [0.15, 0.2) is 37.0 Å². The largest absolute Gasteiger partial charge is 0.399 e.